The molecule has 16 heavy (non-hydrogen) atoms. The van der Waals surface area contributed by atoms with Gasteiger partial charge in [0.1, 0.15) is 0 Å². The van der Waals surface area contributed by atoms with Crippen molar-refractivity contribution in [1.29, 1.82) is 0 Å². The Balaban J connectivity index is 2.76. The first kappa shape index (κ1) is 11.4. The largest absolute Gasteiger partial charge is 0.337 e. The maximum absolute atomic E-state index is 6.24. The van der Waals surface area contributed by atoms with Crippen LogP contribution in [0.2, 0.25) is 5.02 Å². The zero-order valence-corrected chi connectivity index (χ0v) is 10.8. The number of halogens is 1. The van der Waals surface area contributed by atoms with E-state index in [1.54, 1.807) is 0 Å². The summed E-state index contributed by atoms with van der Waals surface area (Å²) in [6, 6.07) is 5.87. The standard InChI is InChI=1S/C12H13ClN2S/c1-3-9-7-14-12(16)15(9)11-8(2)5-4-6-10(11)13/h4-7H,3H2,1-2H3,(H,14,16). The molecule has 0 spiro atoms. The number of aromatic nitrogens is 2. The van der Waals surface area contributed by atoms with Gasteiger partial charge in [0.15, 0.2) is 4.77 Å². The number of para-hydroxylation sites is 1. The van der Waals surface area contributed by atoms with Crippen molar-refractivity contribution in [3.05, 3.63) is 45.4 Å². The molecule has 0 aliphatic heterocycles. The van der Waals surface area contributed by atoms with Crippen LogP contribution in [0.1, 0.15) is 18.2 Å². The number of nitrogens with zero attached hydrogens (tertiary/aromatic N) is 1. The van der Waals surface area contributed by atoms with Crippen LogP contribution < -0.4 is 0 Å². The highest BCUT2D eigenvalue weighted by Gasteiger charge is 2.10. The molecule has 0 unspecified atom stereocenters. The van der Waals surface area contributed by atoms with E-state index in [9.17, 15) is 0 Å². The zero-order valence-electron chi connectivity index (χ0n) is 9.25. The predicted molar refractivity (Wildman–Crippen MR) is 70.1 cm³/mol. The second-order valence-electron chi connectivity index (χ2n) is 3.68. The third kappa shape index (κ3) is 1.81. The van der Waals surface area contributed by atoms with Crippen molar-refractivity contribution >= 4 is 23.8 Å². The molecular formula is C12H13ClN2S. The Hall–Kier alpha value is -1.06. The Morgan fingerprint density at radius 1 is 1.44 bits per heavy atom. The molecule has 2 aromatic rings. The Bertz CT molecular complexity index is 548. The average Bonchev–Trinajstić information content (AvgIpc) is 2.60. The molecule has 1 aromatic heterocycles. The van der Waals surface area contributed by atoms with Crippen molar-refractivity contribution in [3.8, 4) is 5.69 Å². The molecule has 2 rings (SSSR count). The van der Waals surface area contributed by atoms with E-state index in [1.807, 2.05) is 35.9 Å². The Morgan fingerprint density at radius 2 is 2.19 bits per heavy atom. The molecule has 0 amide bonds. The van der Waals surface area contributed by atoms with Gasteiger partial charge in [-0.25, -0.2) is 0 Å². The summed E-state index contributed by atoms with van der Waals surface area (Å²) < 4.78 is 2.69. The van der Waals surface area contributed by atoms with Crippen LogP contribution in [0.5, 0.6) is 0 Å². The summed E-state index contributed by atoms with van der Waals surface area (Å²) in [5.41, 5.74) is 3.24. The first-order chi connectivity index (χ1) is 7.65. The molecule has 0 aliphatic carbocycles. The lowest BCUT2D eigenvalue weighted by molar-refractivity contribution is 0.915. The van der Waals surface area contributed by atoms with Gasteiger partial charge in [-0.1, -0.05) is 30.7 Å². The molecule has 0 saturated heterocycles. The maximum Gasteiger partial charge on any atom is 0.182 e. The van der Waals surface area contributed by atoms with Crippen molar-refractivity contribution in [3.63, 3.8) is 0 Å². The fourth-order valence-corrected chi connectivity index (χ4v) is 2.39. The molecule has 0 atom stereocenters. The van der Waals surface area contributed by atoms with Gasteiger partial charge >= 0.3 is 0 Å². The molecule has 0 aliphatic rings. The highest BCUT2D eigenvalue weighted by atomic mass is 35.5. The van der Waals surface area contributed by atoms with Crippen LogP contribution in [0.25, 0.3) is 5.69 Å². The Labute approximate surface area is 105 Å². The fraction of sp³-hybridized carbons (Fsp3) is 0.250. The minimum Gasteiger partial charge on any atom is -0.337 e. The van der Waals surface area contributed by atoms with E-state index in [-0.39, 0.29) is 0 Å². The van der Waals surface area contributed by atoms with Gasteiger partial charge in [0, 0.05) is 11.9 Å². The Kier molecular flexibility index (Phi) is 3.17. The van der Waals surface area contributed by atoms with Crippen molar-refractivity contribution in [2.75, 3.05) is 0 Å². The lowest BCUT2D eigenvalue weighted by Crippen LogP contribution is -2.02. The van der Waals surface area contributed by atoms with E-state index in [0.29, 0.717) is 4.77 Å². The number of aryl methyl sites for hydroxylation is 2. The summed E-state index contributed by atoms with van der Waals surface area (Å²) in [5.74, 6) is 0. The van der Waals surface area contributed by atoms with E-state index in [1.165, 1.54) is 0 Å². The van der Waals surface area contributed by atoms with Crippen LogP contribution in [0.15, 0.2) is 24.4 Å². The molecule has 0 radical (unpaired) electrons. The van der Waals surface area contributed by atoms with Crippen LogP contribution in [-0.2, 0) is 6.42 Å². The number of hydrogen-bond donors (Lipinski definition) is 1. The molecule has 1 N–H and O–H groups in total. The zero-order chi connectivity index (χ0) is 11.7. The summed E-state index contributed by atoms with van der Waals surface area (Å²) in [7, 11) is 0. The van der Waals surface area contributed by atoms with E-state index >= 15 is 0 Å². The summed E-state index contributed by atoms with van der Waals surface area (Å²) in [6.45, 7) is 4.13. The van der Waals surface area contributed by atoms with Gasteiger partial charge in [0.2, 0.25) is 0 Å². The maximum atomic E-state index is 6.24. The van der Waals surface area contributed by atoms with E-state index in [2.05, 4.69) is 11.9 Å². The molecule has 4 heteroatoms. The number of nitrogens with one attached hydrogen (secondary N) is 1. The van der Waals surface area contributed by atoms with E-state index in [4.69, 9.17) is 23.8 Å². The van der Waals surface area contributed by atoms with Crippen molar-refractivity contribution in [2.24, 2.45) is 0 Å². The van der Waals surface area contributed by atoms with E-state index < -0.39 is 0 Å². The smallest absolute Gasteiger partial charge is 0.182 e. The monoisotopic (exact) mass is 252 g/mol. The minimum atomic E-state index is 0.688. The van der Waals surface area contributed by atoms with Crippen molar-refractivity contribution in [2.45, 2.75) is 20.3 Å². The van der Waals surface area contributed by atoms with Gasteiger partial charge in [-0.15, -0.1) is 0 Å². The predicted octanol–water partition coefficient (Wildman–Crippen LogP) is 4.06. The van der Waals surface area contributed by atoms with Crippen molar-refractivity contribution in [1.82, 2.24) is 9.55 Å². The number of H-pyrrole nitrogens is 1. The van der Waals surface area contributed by atoms with Crippen LogP contribution in [-0.4, -0.2) is 9.55 Å². The van der Waals surface area contributed by atoms with Crippen molar-refractivity contribution < 1.29 is 0 Å². The van der Waals surface area contributed by atoms with E-state index in [0.717, 1.165) is 28.4 Å². The molecule has 0 fully saturated rings. The van der Waals surface area contributed by atoms with Gasteiger partial charge in [0.05, 0.1) is 10.7 Å². The van der Waals surface area contributed by atoms with Crippen LogP contribution in [0, 0.1) is 11.7 Å². The van der Waals surface area contributed by atoms with Crippen LogP contribution in [0.4, 0.5) is 0 Å². The quantitative estimate of drug-likeness (QED) is 0.800. The van der Waals surface area contributed by atoms with Crippen LogP contribution in [0.3, 0.4) is 0 Å². The second kappa shape index (κ2) is 4.44. The van der Waals surface area contributed by atoms with Gasteiger partial charge in [-0.2, -0.15) is 0 Å². The molecule has 1 aromatic carbocycles. The van der Waals surface area contributed by atoms with Gasteiger partial charge < -0.3 is 4.98 Å². The lowest BCUT2D eigenvalue weighted by Gasteiger charge is -2.11. The van der Waals surface area contributed by atoms with Gasteiger partial charge in [-0.3, -0.25) is 4.57 Å². The fourth-order valence-electron chi connectivity index (χ4n) is 1.82. The number of rotatable bonds is 2. The number of imidazole rings is 1. The molecule has 1 heterocycles. The molecule has 84 valence electrons. The highest BCUT2D eigenvalue weighted by molar-refractivity contribution is 7.71. The third-order valence-electron chi connectivity index (χ3n) is 2.63. The summed E-state index contributed by atoms with van der Waals surface area (Å²) in [6.07, 6.45) is 2.85. The normalized spacial score (nSPS) is 10.7. The third-order valence-corrected chi connectivity index (χ3v) is 3.23. The molecule has 0 saturated carbocycles. The topological polar surface area (TPSA) is 20.7 Å². The summed E-state index contributed by atoms with van der Waals surface area (Å²) >= 11 is 11.5. The first-order valence-electron chi connectivity index (χ1n) is 5.20. The molecule has 2 nitrogen and oxygen atoms in total. The lowest BCUT2D eigenvalue weighted by atomic mass is 10.2. The van der Waals surface area contributed by atoms with Crippen LogP contribution >= 0.6 is 23.8 Å². The average molecular weight is 253 g/mol. The SMILES string of the molecule is CCc1c[nH]c(=S)n1-c1c(C)cccc1Cl. The second-order valence-corrected chi connectivity index (χ2v) is 4.47. The number of hydrogen-bond acceptors (Lipinski definition) is 1. The first-order valence-corrected chi connectivity index (χ1v) is 5.98. The molecule has 0 bridgehead atoms. The Morgan fingerprint density at radius 3 is 2.81 bits per heavy atom. The number of aromatic amines is 1. The summed E-state index contributed by atoms with van der Waals surface area (Å²) in [4.78, 5) is 3.06. The summed E-state index contributed by atoms with van der Waals surface area (Å²) in [5, 5.41) is 0.727. The van der Waals surface area contributed by atoms with Gasteiger partial charge in [-0.05, 0) is 37.2 Å². The number of benzene rings is 1. The highest BCUT2D eigenvalue weighted by Crippen LogP contribution is 2.25. The van der Waals surface area contributed by atoms with Gasteiger partial charge in [0.25, 0.3) is 0 Å². The molecular weight excluding hydrogens is 240 g/mol. The minimum absolute atomic E-state index is 0.688.